The molecule has 0 radical (unpaired) electrons. The lowest BCUT2D eigenvalue weighted by Crippen LogP contribution is -2.62. The molecule has 1 fully saturated rings. The van der Waals surface area contributed by atoms with Crippen molar-refractivity contribution in [2.24, 2.45) is 35.0 Å². The number of aliphatic carboxylic acids is 1. The molecule has 0 spiro atoms. The van der Waals surface area contributed by atoms with Gasteiger partial charge in [0.15, 0.2) is 6.04 Å². The Morgan fingerprint density at radius 2 is 0.985 bits per heavy atom. The first kappa shape index (κ1) is 57.1. The van der Waals surface area contributed by atoms with E-state index in [4.69, 9.17) is 17.2 Å². The average molecular weight is 928 g/mol. The van der Waals surface area contributed by atoms with E-state index in [2.05, 4.69) is 31.9 Å². The van der Waals surface area contributed by atoms with Crippen LogP contribution in [0.5, 0.6) is 0 Å². The topological polar surface area (TPSA) is 414 Å². The van der Waals surface area contributed by atoms with E-state index in [-0.39, 0.29) is 44.2 Å². The third-order valence-corrected chi connectivity index (χ3v) is 10.1. The number of amides is 10. The number of likely N-dealkylation sites (tertiary alicyclic amines) is 1. The third kappa shape index (κ3) is 19.0. The lowest BCUT2D eigenvalue weighted by atomic mass is 9.98. The molecule has 0 saturated carbocycles. The fraction of sp³-hybridized carbons (Fsp3) is 0.725. The van der Waals surface area contributed by atoms with Gasteiger partial charge in [-0.05, 0) is 57.3 Å². The molecule has 10 atom stereocenters. The molecule has 1 aliphatic rings. The van der Waals surface area contributed by atoms with Gasteiger partial charge in [0.05, 0.1) is 31.6 Å². The Morgan fingerprint density at radius 3 is 1.43 bits per heavy atom. The summed E-state index contributed by atoms with van der Waals surface area (Å²) in [5, 5.41) is 45.8. The number of nitrogens with zero attached hydrogens (tertiary/aromatic N) is 1. The van der Waals surface area contributed by atoms with Gasteiger partial charge in [-0.1, -0.05) is 41.5 Å². The van der Waals surface area contributed by atoms with Crippen molar-refractivity contribution >= 4 is 65.0 Å². The monoisotopic (exact) mass is 928 g/mol. The van der Waals surface area contributed by atoms with E-state index >= 15 is 0 Å². The minimum atomic E-state index is -1.90. The van der Waals surface area contributed by atoms with Gasteiger partial charge in [0.2, 0.25) is 59.1 Å². The number of nitrogens with one attached hydrogen (secondary N) is 7. The van der Waals surface area contributed by atoms with Gasteiger partial charge in [-0.3, -0.25) is 47.9 Å². The van der Waals surface area contributed by atoms with Crippen LogP contribution in [0.25, 0.3) is 0 Å². The van der Waals surface area contributed by atoms with Crippen LogP contribution in [-0.4, -0.2) is 159 Å². The molecular weight excluding hydrogens is 859 g/mol. The number of aliphatic hydroxyl groups is 2. The smallest absolute Gasteiger partial charge is 0.328 e. The van der Waals surface area contributed by atoms with Crippen LogP contribution >= 0.6 is 0 Å². The van der Waals surface area contributed by atoms with Gasteiger partial charge in [0.25, 0.3) is 0 Å². The number of rotatable bonds is 27. The number of carbonyl (C=O) groups excluding carboxylic acids is 10. The van der Waals surface area contributed by atoms with Crippen LogP contribution in [0, 0.1) is 17.8 Å². The van der Waals surface area contributed by atoms with E-state index in [0.29, 0.717) is 6.42 Å². The van der Waals surface area contributed by atoms with Gasteiger partial charge in [-0.2, -0.15) is 0 Å². The van der Waals surface area contributed by atoms with Crippen molar-refractivity contribution in [3.63, 3.8) is 0 Å². The Labute approximate surface area is 377 Å². The highest BCUT2D eigenvalue weighted by molar-refractivity contribution is 6.00. The summed E-state index contributed by atoms with van der Waals surface area (Å²) in [6.07, 6.45) is -4.27. The Balaban J connectivity index is 3.34. The second-order valence-electron chi connectivity index (χ2n) is 17.3. The zero-order valence-electron chi connectivity index (χ0n) is 38.2. The van der Waals surface area contributed by atoms with Gasteiger partial charge >= 0.3 is 5.97 Å². The van der Waals surface area contributed by atoms with Gasteiger partial charge < -0.3 is 74.6 Å². The highest BCUT2D eigenvalue weighted by atomic mass is 16.4. The summed E-state index contributed by atoms with van der Waals surface area (Å²) in [5.74, 6) is -11.9. The second kappa shape index (κ2) is 26.7. The summed E-state index contributed by atoms with van der Waals surface area (Å²) in [5.41, 5.74) is 16.1. The lowest BCUT2D eigenvalue weighted by Gasteiger charge is -2.32. The molecule has 1 aliphatic heterocycles. The minimum Gasteiger partial charge on any atom is -0.480 e. The summed E-state index contributed by atoms with van der Waals surface area (Å²) >= 11 is 0. The van der Waals surface area contributed by atoms with E-state index in [1.165, 1.54) is 4.90 Å². The van der Waals surface area contributed by atoms with Crippen LogP contribution in [0.3, 0.4) is 0 Å². The highest BCUT2D eigenvalue weighted by Crippen LogP contribution is 2.21. The number of primary amides is 2. The molecule has 16 N–H and O–H groups in total. The van der Waals surface area contributed by atoms with Crippen LogP contribution in [-0.2, 0) is 52.7 Å². The molecule has 0 aliphatic carbocycles. The normalized spacial score (nSPS) is 17.8. The van der Waals surface area contributed by atoms with Crippen LogP contribution in [0.1, 0.15) is 93.9 Å². The van der Waals surface area contributed by atoms with Crippen molar-refractivity contribution in [2.45, 2.75) is 154 Å². The SMILES string of the molecule is CC(C)C[C@H](NC(=O)CN)C(=O)N[C@@H](CC(C)C)C(=O)N[C@H](C(=O)N1CCC[C@H]1C(=O)N[C@@H](CC(N)=O)C(=O)N[C@@H](CC(N)=O)C(=O)N[C@H](C(=O)N[C@H](C(=O)O)[C@@H](C)O)[C@@H](C)O)C(C)C. The molecule has 1 heterocycles. The van der Waals surface area contributed by atoms with E-state index in [1.807, 2.05) is 33.0 Å². The van der Waals surface area contributed by atoms with Gasteiger partial charge in [-0.15, -0.1) is 0 Å². The molecule has 0 unspecified atom stereocenters. The van der Waals surface area contributed by atoms with Crippen molar-refractivity contribution < 1.29 is 68.1 Å². The molecule has 0 aromatic rings. The molecule has 65 heavy (non-hydrogen) atoms. The summed E-state index contributed by atoms with van der Waals surface area (Å²) in [6.45, 7) is 12.4. The molecule has 0 bridgehead atoms. The maximum atomic E-state index is 14.2. The minimum absolute atomic E-state index is 0.0167. The molecule has 368 valence electrons. The van der Waals surface area contributed by atoms with E-state index < -0.39 is 144 Å². The number of carbonyl (C=O) groups is 11. The first-order valence-electron chi connectivity index (χ1n) is 21.4. The van der Waals surface area contributed by atoms with Crippen LogP contribution in [0.2, 0.25) is 0 Å². The van der Waals surface area contributed by atoms with Crippen molar-refractivity contribution in [1.82, 2.24) is 42.1 Å². The van der Waals surface area contributed by atoms with Gasteiger partial charge in [-0.25, -0.2) is 4.79 Å². The standard InChI is InChI=1S/C40H69N11O14/c1-17(2)12-22(44-29(56)16-41)33(57)45-23(13-18(3)4)35(59)48-30(19(5)6)39(63)51-11-9-10-26(51)37(61)47-24(14-27(42)54)34(58)46-25(15-28(43)55)36(60)49-31(20(7)52)38(62)50-32(21(8)53)40(64)65/h17-26,30-32,52-53H,9-16,41H2,1-8H3,(H2,42,54)(H2,43,55)(H,44,56)(H,45,57)(H,46,58)(H,47,61)(H,48,59)(H,49,60)(H,50,62)(H,64,65)/t20-,21-,22+,23+,24+,25+,26+,30+,31+,32+/m1/s1. The fourth-order valence-electron chi connectivity index (χ4n) is 6.83. The van der Waals surface area contributed by atoms with Gasteiger partial charge in [0, 0.05) is 6.54 Å². The quantitative estimate of drug-likeness (QED) is 0.0366. The Morgan fingerprint density at radius 1 is 0.569 bits per heavy atom. The molecule has 0 aromatic carbocycles. The number of hydrogen-bond donors (Lipinski definition) is 13. The first-order chi connectivity index (χ1) is 30.1. The Bertz CT molecular complexity index is 1740. The molecule has 1 saturated heterocycles. The Hall–Kier alpha value is -5.95. The predicted octanol–water partition coefficient (Wildman–Crippen LogP) is -5.33. The summed E-state index contributed by atoms with van der Waals surface area (Å²) in [6, 6.07) is -12.1. The van der Waals surface area contributed by atoms with Crippen LogP contribution in [0.15, 0.2) is 0 Å². The summed E-state index contributed by atoms with van der Waals surface area (Å²) in [4.78, 5) is 144. The predicted molar refractivity (Wildman–Crippen MR) is 230 cm³/mol. The zero-order chi connectivity index (χ0) is 50.0. The lowest BCUT2D eigenvalue weighted by molar-refractivity contribution is -0.146. The molecule has 25 nitrogen and oxygen atoms in total. The first-order valence-corrected chi connectivity index (χ1v) is 21.4. The fourth-order valence-corrected chi connectivity index (χ4v) is 6.83. The largest absolute Gasteiger partial charge is 0.480 e. The molecule has 1 rings (SSSR count). The molecule has 10 amide bonds. The van der Waals surface area contributed by atoms with Crippen molar-refractivity contribution in [3.8, 4) is 0 Å². The van der Waals surface area contributed by atoms with Crippen molar-refractivity contribution in [3.05, 3.63) is 0 Å². The van der Waals surface area contributed by atoms with Crippen LogP contribution in [0.4, 0.5) is 0 Å². The summed E-state index contributed by atoms with van der Waals surface area (Å²) < 4.78 is 0. The number of nitrogens with two attached hydrogens (primary N) is 3. The molecular formula is C40H69N11O14. The maximum Gasteiger partial charge on any atom is 0.328 e. The van der Waals surface area contributed by atoms with Crippen molar-refractivity contribution in [1.29, 1.82) is 0 Å². The van der Waals surface area contributed by atoms with E-state index in [1.54, 1.807) is 13.8 Å². The zero-order valence-corrected chi connectivity index (χ0v) is 38.2. The number of carboxylic acid groups (broad SMARTS) is 1. The third-order valence-electron chi connectivity index (χ3n) is 10.1. The molecule has 25 heteroatoms. The highest BCUT2D eigenvalue weighted by Gasteiger charge is 2.42. The molecule has 0 aromatic heterocycles. The number of aliphatic hydroxyl groups excluding tert-OH is 2. The van der Waals surface area contributed by atoms with Gasteiger partial charge in [0.1, 0.15) is 42.3 Å². The number of carboxylic acids is 1. The van der Waals surface area contributed by atoms with E-state index in [9.17, 15) is 68.1 Å². The van der Waals surface area contributed by atoms with Crippen LogP contribution < -0.4 is 54.4 Å². The van der Waals surface area contributed by atoms with Crippen molar-refractivity contribution in [2.75, 3.05) is 13.1 Å². The average Bonchev–Trinajstić information content (AvgIpc) is 3.68. The second-order valence-corrected chi connectivity index (χ2v) is 17.3. The number of hydrogen-bond acceptors (Lipinski definition) is 14. The maximum absolute atomic E-state index is 14.2. The summed E-state index contributed by atoms with van der Waals surface area (Å²) in [7, 11) is 0. The Kier molecular flexibility index (Phi) is 23.5. The van der Waals surface area contributed by atoms with E-state index in [0.717, 1.165) is 13.8 Å².